The first kappa shape index (κ1) is 24.0. The van der Waals surface area contributed by atoms with Crippen LogP contribution in [0.25, 0.3) is 11.1 Å². The molecule has 0 bridgehead atoms. The van der Waals surface area contributed by atoms with Gasteiger partial charge in [0, 0.05) is 10.6 Å². The predicted octanol–water partition coefficient (Wildman–Crippen LogP) is 3.80. The number of aliphatic hydroxyl groups excluding tert-OH is 1. The second-order valence-electron chi connectivity index (χ2n) is 7.54. The van der Waals surface area contributed by atoms with Gasteiger partial charge in [-0.3, -0.25) is 4.79 Å². The monoisotopic (exact) mass is 467 g/mol. The maximum atomic E-state index is 12.9. The van der Waals surface area contributed by atoms with Crippen LogP contribution in [0.15, 0.2) is 66.7 Å². The van der Waals surface area contributed by atoms with E-state index in [0.717, 1.165) is 0 Å². The number of amides is 1. The molecule has 1 amide bonds. The number of hydrogen-bond donors (Lipinski definition) is 4. The Labute approximate surface area is 195 Å². The summed E-state index contributed by atoms with van der Waals surface area (Å²) in [6, 6.07) is 17.0. The number of rotatable bonds is 8. The van der Waals surface area contributed by atoms with Crippen LogP contribution in [-0.4, -0.2) is 45.3 Å². The average Bonchev–Trinajstić information content (AvgIpc) is 2.79. The van der Waals surface area contributed by atoms with Crippen molar-refractivity contribution in [2.75, 3.05) is 0 Å². The van der Waals surface area contributed by atoms with E-state index in [1.165, 1.54) is 12.1 Å². The van der Waals surface area contributed by atoms with Crippen LogP contribution in [-0.2, 0) is 11.2 Å². The van der Waals surface area contributed by atoms with Crippen molar-refractivity contribution in [3.8, 4) is 11.1 Å². The van der Waals surface area contributed by atoms with Gasteiger partial charge in [0.25, 0.3) is 5.91 Å². The molecule has 3 aromatic carbocycles. The van der Waals surface area contributed by atoms with Crippen molar-refractivity contribution in [2.45, 2.75) is 25.5 Å². The number of aromatic carboxylic acids is 1. The van der Waals surface area contributed by atoms with E-state index in [9.17, 15) is 29.7 Å². The lowest BCUT2D eigenvalue weighted by Gasteiger charge is -2.22. The molecule has 0 fully saturated rings. The van der Waals surface area contributed by atoms with Gasteiger partial charge < -0.3 is 20.6 Å². The van der Waals surface area contributed by atoms with E-state index < -0.39 is 30.0 Å². The number of aliphatic hydroxyl groups is 1. The van der Waals surface area contributed by atoms with Crippen molar-refractivity contribution in [3.05, 3.63) is 94.0 Å². The Bertz CT molecular complexity index is 1210. The lowest BCUT2D eigenvalue weighted by molar-refractivity contribution is -0.148. The molecule has 4 N–H and O–H groups in total. The standard InChI is InChI=1S/C25H22ClNO6/c1-14-12-16(10-11-17(14)18-7-3-4-8-19(18)24(30)31)23(29)27-21(22(28)25(32)33)13-15-6-2-5-9-20(15)26/h2-12,21-22,28H,13H2,1H3,(H,27,29)(H,30,31)(H,32,33). The third kappa shape index (κ3) is 5.58. The van der Waals surface area contributed by atoms with Gasteiger partial charge in [-0.1, -0.05) is 54.1 Å². The summed E-state index contributed by atoms with van der Waals surface area (Å²) >= 11 is 6.15. The number of hydrogen-bond acceptors (Lipinski definition) is 4. The number of benzene rings is 3. The van der Waals surface area contributed by atoms with Crippen LogP contribution >= 0.6 is 11.6 Å². The average molecular weight is 468 g/mol. The Morgan fingerprint density at radius 3 is 2.24 bits per heavy atom. The molecule has 2 atom stereocenters. The molecule has 0 heterocycles. The zero-order valence-corrected chi connectivity index (χ0v) is 18.4. The van der Waals surface area contributed by atoms with E-state index in [1.807, 2.05) is 0 Å². The van der Waals surface area contributed by atoms with Crippen LogP contribution in [0.1, 0.15) is 31.8 Å². The minimum absolute atomic E-state index is 0.0158. The number of aliphatic carboxylic acids is 1. The zero-order chi connectivity index (χ0) is 24.1. The first-order valence-corrected chi connectivity index (χ1v) is 10.4. The summed E-state index contributed by atoms with van der Waals surface area (Å²) in [6.07, 6.45) is -1.82. The fraction of sp³-hybridized carbons (Fsp3) is 0.160. The topological polar surface area (TPSA) is 124 Å². The molecule has 7 nitrogen and oxygen atoms in total. The number of carboxylic acids is 2. The van der Waals surface area contributed by atoms with Gasteiger partial charge in [0.2, 0.25) is 0 Å². The van der Waals surface area contributed by atoms with Crippen molar-refractivity contribution in [1.82, 2.24) is 5.32 Å². The first-order chi connectivity index (χ1) is 15.7. The highest BCUT2D eigenvalue weighted by atomic mass is 35.5. The highest BCUT2D eigenvalue weighted by Gasteiger charge is 2.28. The van der Waals surface area contributed by atoms with Crippen LogP contribution in [0.2, 0.25) is 5.02 Å². The van der Waals surface area contributed by atoms with Crippen LogP contribution < -0.4 is 5.32 Å². The quantitative estimate of drug-likeness (QED) is 0.399. The van der Waals surface area contributed by atoms with Crippen LogP contribution in [0.5, 0.6) is 0 Å². The molecular formula is C25H22ClNO6. The van der Waals surface area contributed by atoms with Crippen LogP contribution in [0, 0.1) is 6.92 Å². The Balaban J connectivity index is 1.87. The molecule has 0 aliphatic heterocycles. The summed E-state index contributed by atoms with van der Waals surface area (Å²) in [7, 11) is 0. The molecule has 3 rings (SSSR count). The van der Waals surface area contributed by atoms with Gasteiger partial charge >= 0.3 is 11.9 Å². The van der Waals surface area contributed by atoms with Gasteiger partial charge in [-0.05, 0) is 59.9 Å². The van der Waals surface area contributed by atoms with Crippen molar-refractivity contribution in [2.24, 2.45) is 0 Å². The molecule has 3 aromatic rings. The molecule has 170 valence electrons. The summed E-state index contributed by atoms with van der Waals surface area (Å²) in [5.74, 6) is -3.10. The van der Waals surface area contributed by atoms with Gasteiger partial charge in [0.15, 0.2) is 6.10 Å². The van der Waals surface area contributed by atoms with Crippen molar-refractivity contribution < 1.29 is 29.7 Å². The van der Waals surface area contributed by atoms with E-state index in [1.54, 1.807) is 61.5 Å². The van der Waals surface area contributed by atoms with Gasteiger partial charge in [-0.2, -0.15) is 0 Å². The third-order valence-electron chi connectivity index (χ3n) is 5.28. The molecule has 0 spiro atoms. The Hall–Kier alpha value is -3.68. The number of nitrogens with one attached hydrogen (secondary N) is 1. The van der Waals surface area contributed by atoms with E-state index in [2.05, 4.69) is 5.32 Å². The number of carbonyl (C=O) groups is 3. The molecule has 8 heteroatoms. The Kier molecular flexibility index (Phi) is 7.48. The molecule has 0 saturated heterocycles. The third-order valence-corrected chi connectivity index (χ3v) is 5.65. The molecule has 0 radical (unpaired) electrons. The number of halogens is 1. The largest absolute Gasteiger partial charge is 0.479 e. The minimum Gasteiger partial charge on any atom is -0.479 e. The molecule has 0 aliphatic rings. The smallest absolute Gasteiger partial charge is 0.336 e. The highest BCUT2D eigenvalue weighted by molar-refractivity contribution is 6.31. The fourth-order valence-corrected chi connectivity index (χ4v) is 3.79. The Morgan fingerprint density at radius 2 is 1.61 bits per heavy atom. The van der Waals surface area contributed by atoms with Gasteiger partial charge in [0.05, 0.1) is 11.6 Å². The summed E-state index contributed by atoms with van der Waals surface area (Å²) in [4.78, 5) is 35.8. The number of aryl methyl sites for hydroxylation is 1. The summed E-state index contributed by atoms with van der Waals surface area (Å²) in [5, 5.41) is 31.9. The normalized spacial score (nSPS) is 12.6. The zero-order valence-electron chi connectivity index (χ0n) is 17.7. The predicted molar refractivity (Wildman–Crippen MR) is 124 cm³/mol. The second kappa shape index (κ2) is 10.3. The lowest BCUT2D eigenvalue weighted by atomic mass is 9.94. The van der Waals surface area contributed by atoms with E-state index in [0.29, 0.717) is 27.3 Å². The maximum Gasteiger partial charge on any atom is 0.336 e. The number of carboxylic acid groups (broad SMARTS) is 2. The summed E-state index contributed by atoms with van der Waals surface area (Å²) < 4.78 is 0. The number of carbonyl (C=O) groups excluding carboxylic acids is 1. The SMILES string of the molecule is Cc1cc(C(=O)NC(Cc2ccccc2Cl)C(O)C(=O)O)ccc1-c1ccccc1C(=O)O. The second-order valence-corrected chi connectivity index (χ2v) is 7.95. The van der Waals surface area contributed by atoms with Crippen molar-refractivity contribution in [1.29, 1.82) is 0 Å². The molecule has 0 saturated carbocycles. The molecule has 0 aromatic heterocycles. The van der Waals surface area contributed by atoms with Crippen molar-refractivity contribution >= 4 is 29.4 Å². The van der Waals surface area contributed by atoms with Gasteiger partial charge in [0.1, 0.15) is 0 Å². The van der Waals surface area contributed by atoms with E-state index in [4.69, 9.17) is 11.6 Å². The molecule has 33 heavy (non-hydrogen) atoms. The van der Waals surface area contributed by atoms with E-state index in [-0.39, 0.29) is 17.5 Å². The Morgan fingerprint density at radius 1 is 0.939 bits per heavy atom. The highest BCUT2D eigenvalue weighted by Crippen LogP contribution is 2.28. The minimum atomic E-state index is -1.84. The van der Waals surface area contributed by atoms with Crippen LogP contribution in [0.3, 0.4) is 0 Å². The molecular weight excluding hydrogens is 446 g/mol. The van der Waals surface area contributed by atoms with Gasteiger partial charge in [-0.25, -0.2) is 9.59 Å². The van der Waals surface area contributed by atoms with Crippen molar-refractivity contribution in [3.63, 3.8) is 0 Å². The van der Waals surface area contributed by atoms with Gasteiger partial charge in [-0.15, -0.1) is 0 Å². The fourth-order valence-electron chi connectivity index (χ4n) is 3.58. The maximum absolute atomic E-state index is 12.9. The molecule has 0 aliphatic carbocycles. The summed E-state index contributed by atoms with van der Waals surface area (Å²) in [5.41, 5.74) is 2.81. The lowest BCUT2D eigenvalue weighted by Crippen LogP contribution is -2.48. The van der Waals surface area contributed by atoms with E-state index >= 15 is 0 Å². The van der Waals surface area contributed by atoms with Crippen LogP contribution in [0.4, 0.5) is 0 Å². The first-order valence-electron chi connectivity index (χ1n) is 10.1. The summed E-state index contributed by atoms with van der Waals surface area (Å²) in [6.45, 7) is 1.75. The molecule has 2 unspecified atom stereocenters.